The van der Waals surface area contributed by atoms with Crippen LogP contribution >= 0.6 is 0 Å². The molecule has 1 atom stereocenters. The van der Waals surface area contributed by atoms with Gasteiger partial charge in [-0.25, -0.2) is 0 Å². The molecule has 0 aliphatic rings. The summed E-state index contributed by atoms with van der Waals surface area (Å²) in [5, 5.41) is 3.01. The third-order valence-corrected chi connectivity index (χ3v) is 3.98. The molecule has 1 aromatic rings. The monoisotopic (exact) mass is 379 g/mol. The van der Waals surface area contributed by atoms with E-state index in [-0.39, 0.29) is 18.5 Å². The Hall–Kier alpha value is -1.99. The average molecular weight is 380 g/mol. The van der Waals surface area contributed by atoms with E-state index in [1.165, 1.54) is 7.11 Å². The largest absolute Gasteiger partial charge is 0.468 e. The molecule has 0 saturated heterocycles. The van der Waals surface area contributed by atoms with E-state index in [4.69, 9.17) is 10.5 Å². The highest BCUT2D eigenvalue weighted by Crippen LogP contribution is 2.28. The quantitative estimate of drug-likeness (QED) is 0.449. The second-order valence-electron chi connectivity index (χ2n) is 7.44. The lowest BCUT2D eigenvalue weighted by Crippen LogP contribution is -2.29. The fourth-order valence-corrected chi connectivity index (χ4v) is 2.71. The fraction of sp³-hybridized carbons (Fsp3) is 0.650. The van der Waals surface area contributed by atoms with Gasteiger partial charge >= 0.3 is 11.9 Å². The van der Waals surface area contributed by atoms with Gasteiger partial charge in [0, 0.05) is 12.7 Å². The number of carbonyl (C=O) groups is 2. The van der Waals surface area contributed by atoms with Crippen molar-refractivity contribution in [2.45, 2.75) is 64.5 Å². The van der Waals surface area contributed by atoms with Crippen molar-refractivity contribution in [3.8, 4) is 0 Å². The van der Waals surface area contributed by atoms with Crippen LogP contribution in [0.1, 0.15) is 63.6 Å². The average Bonchev–Trinajstić information content (AvgIpc) is 2.60. The van der Waals surface area contributed by atoms with Gasteiger partial charge in [0.25, 0.3) is 0 Å². The van der Waals surface area contributed by atoms with Gasteiger partial charge in [-0.1, -0.05) is 18.9 Å². The van der Waals surface area contributed by atoms with E-state index in [1.54, 1.807) is 6.20 Å². The van der Waals surface area contributed by atoms with Gasteiger partial charge in [-0.15, -0.1) is 0 Å². The van der Waals surface area contributed by atoms with E-state index in [0.717, 1.165) is 30.5 Å². The smallest absolute Gasteiger partial charge is 0.319 e. The van der Waals surface area contributed by atoms with Crippen LogP contribution in [-0.2, 0) is 25.6 Å². The number of nitrogens with two attached hydrogens (primary N) is 1. The van der Waals surface area contributed by atoms with Crippen LogP contribution in [0.5, 0.6) is 0 Å². The minimum absolute atomic E-state index is 0.0835. The molecule has 7 heteroatoms. The molecule has 0 fully saturated rings. The maximum absolute atomic E-state index is 12.8. The van der Waals surface area contributed by atoms with Crippen LogP contribution in [0.15, 0.2) is 18.3 Å². The lowest BCUT2D eigenvalue weighted by atomic mass is 9.91. The van der Waals surface area contributed by atoms with Crippen LogP contribution in [0.25, 0.3) is 0 Å². The first kappa shape index (κ1) is 23.0. The zero-order valence-corrected chi connectivity index (χ0v) is 16.9. The number of carbonyl (C=O) groups excluding carboxylic acids is 2. The first-order chi connectivity index (χ1) is 12.8. The number of methoxy groups -OCH3 is 1. The molecule has 0 spiro atoms. The van der Waals surface area contributed by atoms with Gasteiger partial charge < -0.3 is 20.5 Å². The van der Waals surface area contributed by atoms with E-state index >= 15 is 0 Å². The summed E-state index contributed by atoms with van der Waals surface area (Å²) in [7, 11) is 1.34. The van der Waals surface area contributed by atoms with Crippen molar-refractivity contribution in [3.63, 3.8) is 0 Å². The lowest BCUT2D eigenvalue weighted by Gasteiger charge is -2.25. The lowest BCUT2D eigenvalue weighted by molar-refractivity contribution is -0.157. The van der Waals surface area contributed by atoms with Gasteiger partial charge in [-0.05, 0) is 51.8 Å². The van der Waals surface area contributed by atoms with Gasteiger partial charge in [0.05, 0.1) is 25.3 Å². The molecule has 0 aliphatic heterocycles. The number of pyridine rings is 1. The van der Waals surface area contributed by atoms with Crippen LogP contribution in [-0.4, -0.2) is 42.7 Å². The standard InChI is InChI=1S/C20H33N3O4/c1-20(2,3)27-19(25)16(9-6-5-7-11-21)15-10-8-12-23-17(15)13-22-14-18(24)26-4/h8,10,12,16,22H,5-7,9,11,13-14,21H2,1-4H3. The van der Waals surface area contributed by atoms with Crippen molar-refractivity contribution >= 4 is 11.9 Å². The molecule has 3 N–H and O–H groups in total. The molecule has 0 radical (unpaired) electrons. The maximum Gasteiger partial charge on any atom is 0.319 e. The molecular formula is C20H33N3O4. The topological polar surface area (TPSA) is 104 Å². The molecule has 1 aromatic heterocycles. The van der Waals surface area contributed by atoms with E-state index in [1.807, 2.05) is 32.9 Å². The van der Waals surface area contributed by atoms with E-state index < -0.39 is 11.5 Å². The Balaban J connectivity index is 2.95. The van der Waals surface area contributed by atoms with E-state index in [9.17, 15) is 9.59 Å². The molecule has 1 heterocycles. The second kappa shape index (κ2) is 11.7. The summed E-state index contributed by atoms with van der Waals surface area (Å²) in [6.07, 6.45) is 5.13. The number of hydrogen-bond donors (Lipinski definition) is 2. The number of nitrogens with one attached hydrogen (secondary N) is 1. The van der Waals surface area contributed by atoms with E-state index in [2.05, 4.69) is 15.0 Å². The number of unbranched alkanes of at least 4 members (excludes halogenated alkanes) is 2. The highest BCUT2D eigenvalue weighted by atomic mass is 16.6. The number of rotatable bonds is 11. The molecule has 7 nitrogen and oxygen atoms in total. The summed E-state index contributed by atoms with van der Waals surface area (Å²) in [4.78, 5) is 28.5. The predicted molar refractivity (Wildman–Crippen MR) is 104 cm³/mol. The minimum Gasteiger partial charge on any atom is -0.468 e. The molecule has 0 amide bonds. The molecule has 152 valence electrons. The number of aromatic nitrogens is 1. The maximum atomic E-state index is 12.8. The summed E-state index contributed by atoms with van der Waals surface area (Å²) in [5.41, 5.74) is 6.57. The van der Waals surface area contributed by atoms with E-state index in [0.29, 0.717) is 19.5 Å². The Kier molecular flexibility index (Phi) is 9.96. The summed E-state index contributed by atoms with van der Waals surface area (Å²) in [5.74, 6) is -0.999. The summed E-state index contributed by atoms with van der Waals surface area (Å²) >= 11 is 0. The van der Waals surface area contributed by atoms with Crippen LogP contribution in [0, 0.1) is 0 Å². The summed E-state index contributed by atoms with van der Waals surface area (Å²) < 4.78 is 10.3. The second-order valence-corrected chi connectivity index (χ2v) is 7.44. The molecule has 27 heavy (non-hydrogen) atoms. The SMILES string of the molecule is COC(=O)CNCc1ncccc1C(CCCCCN)C(=O)OC(C)(C)C. The number of hydrogen-bond acceptors (Lipinski definition) is 7. The van der Waals surface area contributed by atoms with Crippen molar-refractivity contribution < 1.29 is 19.1 Å². The zero-order valence-electron chi connectivity index (χ0n) is 16.9. The Morgan fingerprint density at radius 2 is 2.00 bits per heavy atom. The summed E-state index contributed by atoms with van der Waals surface area (Å²) in [6, 6.07) is 3.72. The highest BCUT2D eigenvalue weighted by Gasteiger charge is 2.28. The van der Waals surface area contributed by atoms with Crippen LogP contribution in [0.4, 0.5) is 0 Å². The third kappa shape index (κ3) is 8.97. The Morgan fingerprint density at radius 1 is 1.26 bits per heavy atom. The molecule has 0 aliphatic carbocycles. The number of ether oxygens (including phenoxy) is 2. The number of esters is 2. The predicted octanol–water partition coefficient (Wildman–Crippen LogP) is 2.29. The van der Waals surface area contributed by atoms with Crippen molar-refractivity contribution in [1.82, 2.24) is 10.3 Å². The Morgan fingerprint density at radius 3 is 2.63 bits per heavy atom. The third-order valence-electron chi connectivity index (χ3n) is 3.98. The first-order valence-corrected chi connectivity index (χ1v) is 9.42. The van der Waals surface area contributed by atoms with Crippen LogP contribution < -0.4 is 11.1 Å². The Labute approximate surface area is 162 Å². The Bertz CT molecular complexity index is 599. The van der Waals surface area contributed by atoms with Crippen LogP contribution in [0.3, 0.4) is 0 Å². The van der Waals surface area contributed by atoms with Crippen molar-refractivity contribution in [2.75, 3.05) is 20.2 Å². The molecule has 1 unspecified atom stereocenters. The molecule has 0 bridgehead atoms. The number of nitrogens with zero attached hydrogens (tertiary/aromatic N) is 1. The van der Waals surface area contributed by atoms with Gasteiger partial charge in [0.15, 0.2) is 0 Å². The molecular weight excluding hydrogens is 346 g/mol. The zero-order chi connectivity index (χ0) is 20.3. The highest BCUT2D eigenvalue weighted by molar-refractivity contribution is 5.79. The molecule has 0 saturated carbocycles. The van der Waals surface area contributed by atoms with Gasteiger partial charge in [0.2, 0.25) is 0 Å². The van der Waals surface area contributed by atoms with Crippen molar-refractivity contribution in [2.24, 2.45) is 5.73 Å². The van der Waals surface area contributed by atoms with Gasteiger partial charge in [-0.3, -0.25) is 14.6 Å². The molecule has 0 aromatic carbocycles. The summed E-state index contributed by atoms with van der Waals surface area (Å²) in [6.45, 7) is 6.68. The normalized spacial score (nSPS) is 12.5. The van der Waals surface area contributed by atoms with Crippen molar-refractivity contribution in [1.29, 1.82) is 0 Å². The fourth-order valence-electron chi connectivity index (χ4n) is 2.71. The minimum atomic E-state index is -0.557. The van der Waals surface area contributed by atoms with Gasteiger partial charge in [-0.2, -0.15) is 0 Å². The molecule has 1 rings (SSSR count). The van der Waals surface area contributed by atoms with Gasteiger partial charge in [0.1, 0.15) is 5.60 Å². The van der Waals surface area contributed by atoms with Crippen LogP contribution in [0.2, 0.25) is 0 Å². The van der Waals surface area contributed by atoms with Crippen molar-refractivity contribution in [3.05, 3.63) is 29.6 Å². The first-order valence-electron chi connectivity index (χ1n) is 9.42.